The maximum atomic E-state index is 11.7. The van der Waals surface area contributed by atoms with Gasteiger partial charge >= 0.3 is 5.97 Å². The molecule has 0 aliphatic rings. The summed E-state index contributed by atoms with van der Waals surface area (Å²) in [4.78, 5) is 22.9. The third-order valence-corrected chi connectivity index (χ3v) is 5.36. The molecule has 0 aromatic heterocycles. The average molecular weight is 308 g/mol. The predicted molar refractivity (Wildman–Crippen MR) is 83.1 cm³/mol. The zero-order valence-electron chi connectivity index (χ0n) is 12.0. The topological polar surface area (TPSA) is 92.4 Å². The molecule has 1 amide bonds. The number of carboxylic acids is 1. The second-order valence-corrected chi connectivity index (χ2v) is 8.08. The molecule has 0 saturated heterocycles. The van der Waals surface area contributed by atoms with E-state index in [1.54, 1.807) is 0 Å². The van der Waals surface area contributed by atoms with Crippen LogP contribution in [-0.2, 0) is 9.59 Å². The van der Waals surface area contributed by atoms with Gasteiger partial charge in [0.15, 0.2) is 0 Å². The number of carboxylic acid groups (broad SMARTS) is 1. The molecule has 4 N–H and O–H groups in total. The molecule has 19 heavy (non-hydrogen) atoms. The van der Waals surface area contributed by atoms with Crippen molar-refractivity contribution >= 4 is 31.7 Å². The lowest BCUT2D eigenvalue weighted by Crippen LogP contribution is -2.45. The van der Waals surface area contributed by atoms with E-state index in [1.807, 2.05) is 27.7 Å². The van der Waals surface area contributed by atoms with Crippen LogP contribution in [0.3, 0.4) is 0 Å². The summed E-state index contributed by atoms with van der Waals surface area (Å²) in [5.41, 5.74) is 5.37. The van der Waals surface area contributed by atoms with Crippen molar-refractivity contribution in [2.45, 2.75) is 63.3 Å². The van der Waals surface area contributed by atoms with Gasteiger partial charge in [-0.25, -0.2) is 4.79 Å². The molecule has 0 aromatic carbocycles. The molecule has 0 rings (SSSR count). The van der Waals surface area contributed by atoms with Crippen molar-refractivity contribution in [3.8, 4) is 0 Å². The Morgan fingerprint density at radius 3 is 2.26 bits per heavy atom. The molecule has 0 aliphatic carbocycles. The quantitative estimate of drug-likeness (QED) is 0.594. The number of hydrogen-bond acceptors (Lipinski definition) is 4. The van der Waals surface area contributed by atoms with Crippen LogP contribution in [0.15, 0.2) is 0 Å². The van der Waals surface area contributed by atoms with E-state index in [2.05, 4.69) is 13.8 Å². The number of hydrogen-bond donors (Lipinski definition) is 3. The highest BCUT2D eigenvalue weighted by Crippen LogP contribution is 2.34. The van der Waals surface area contributed by atoms with Crippen LogP contribution in [0, 0.1) is 0 Å². The van der Waals surface area contributed by atoms with Crippen LogP contribution in [-0.4, -0.2) is 33.3 Å². The van der Waals surface area contributed by atoms with E-state index in [1.165, 1.54) is 11.4 Å². The van der Waals surface area contributed by atoms with Gasteiger partial charge in [-0.15, -0.1) is 11.4 Å². The number of aliphatic carboxylic acids is 1. The molecule has 0 bridgehead atoms. The first-order valence-electron chi connectivity index (χ1n) is 6.16. The van der Waals surface area contributed by atoms with Crippen LogP contribution in [0.1, 0.15) is 47.0 Å². The number of rotatable bonds is 8. The van der Waals surface area contributed by atoms with Crippen LogP contribution < -0.4 is 11.1 Å². The SMILES string of the molecule is CC(C)(N)CCC(=O)N[C@@H](CC(C)(C)SP)C(=O)O. The van der Waals surface area contributed by atoms with E-state index in [4.69, 9.17) is 10.8 Å². The molecule has 0 radical (unpaired) electrons. The fourth-order valence-electron chi connectivity index (χ4n) is 1.44. The summed E-state index contributed by atoms with van der Waals surface area (Å²) in [6.07, 6.45) is 1.13. The maximum absolute atomic E-state index is 11.7. The highest BCUT2D eigenvalue weighted by Gasteiger charge is 2.28. The largest absolute Gasteiger partial charge is 0.480 e. The minimum absolute atomic E-state index is 0.228. The van der Waals surface area contributed by atoms with E-state index < -0.39 is 17.6 Å². The third kappa shape index (κ3) is 9.25. The van der Waals surface area contributed by atoms with Crippen LogP contribution in [0.5, 0.6) is 0 Å². The van der Waals surface area contributed by atoms with Gasteiger partial charge in [-0.3, -0.25) is 4.79 Å². The van der Waals surface area contributed by atoms with Gasteiger partial charge in [0, 0.05) is 16.7 Å². The van der Waals surface area contributed by atoms with Crippen molar-refractivity contribution in [3.63, 3.8) is 0 Å². The molecule has 0 fully saturated rings. The predicted octanol–water partition coefficient (Wildman–Crippen LogP) is 1.77. The molecule has 7 heteroatoms. The van der Waals surface area contributed by atoms with Crippen molar-refractivity contribution in [1.29, 1.82) is 0 Å². The van der Waals surface area contributed by atoms with Crippen LogP contribution in [0.4, 0.5) is 0 Å². The zero-order chi connectivity index (χ0) is 15.3. The summed E-state index contributed by atoms with van der Waals surface area (Å²) < 4.78 is -0.228. The van der Waals surface area contributed by atoms with Gasteiger partial charge in [0.05, 0.1) is 0 Å². The van der Waals surface area contributed by atoms with Crippen molar-refractivity contribution in [2.75, 3.05) is 0 Å². The van der Waals surface area contributed by atoms with Gasteiger partial charge in [0.1, 0.15) is 6.04 Å². The highest BCUT2D eigenvalue weighted by atomic mass is 32.7. The smallest absolute Gasteiger partial charge is 0.326 e. The highest BCUT2D eigenvalue weighted by molar-refractivity contribution is 8.44. The Hall–Kier alpha value is -0.320. The van der Waals surface area contributed by atoms with Crippen molar-refractivity contribution in [1.82, 2.24) is 5.32 Å². The first kappa shape index (κ1) is 18.7. The van der Waals surface area contributed by atoms with Crippen molar-refractivity contribution in [3.05, 3.63) is 0 Å². The molecule has 112 valence electrons. The summed E-state index contributed by atoms with van der Waals surface area (Å²) in [6.45, 7) is 7.55. The fourth-order valence-corrected chi connectivity index (χ4v) is 1.99. The van der Waals surface area contributed by atoms with Gasteiger partial charge in [-0.1, -0.05) is 22.3 Å². The summed E-state index contributed by atoms with van der Waals surface area (Å²) in [5, 5.41) is 11.7. The average Bonchev–Trinajstić information content (AvgIpc) is 2.24. The normalized spacial score (nSPS) is 14.0. The molecular weight excluding hydrogens is 283 g/mol. The molecule has 2 atom stereocenters. The second-order valence-electron chi connectivity index (χ2n) is 6.03. The number of carbonyl (C=O) groups excluding carboxylic acids is 1. The Morgan fingerprint density at radius 1 is 1.37 bits per heavy atom. The van der Waals surface area contributed by atoms with E-state index >= 15 is 0 Å². The molecule has 0 saturated carbocycles. The number of nitrogens with two attached hydrogens (primary N) is 1. The van der Waals surface area contributed by atoms with Crippen molar-refractivity contribution in [2.24, 2.45) is 5.73 Å². The molecule has 0 aromatic rings. The van der Waals surface area contributed by atoms with Gasteiger partial charge in [0.2, 0.25) is 5.91 Å². The second kappa shape index (κ2) is 7.46. The monoisotopic (exact) mass is 308 g/mol. The minimum atomic E-state index is -1.01. The molecule has 0 heterocycles. The van der Waals surface area contributed by atoms with E-state index in [9.17, 15) is 9.59 Å². The molecule has 1 unspecified atom stereocenters. The number of amides is 1. The fraction of sp³-hybridized carbons (Fsp3) is 0.833. The lowest BCUT2D eigenvalue weighted by molar-refractivity contribution is -0.142. The Labute approximate surface area is 121 Å². The van der Waals surface area contributed by atoms with Crippen LogP contribution in [0.2, 0.25) is 0 Å². The van der Waals surface area contributed by atoms with Crippen molar-refractivity contribution < 1.29 is 14.7 Å². The zero-order valence-corrected chi connectivity index (χ0v) is 14.0. The van der Waals surface area contributed by atoms with E-state index in [0.717, 1.165) is 0 Å². The molecule has 0 aliphatic heterocycles. The summed E-state index contributed by atoms with van der Waals surface area (Å²) in [7, 11) is 2.52. The Kier molecular flexibility index (Phi) is 7.33. The maximum Gasteiger partial charge on any atom is 0.326 e. The van der Waals surface area contributed by atoms with Gasteiger partial charge < -0.3 is 16.2 Å². The molecule has 0 spiro atoms. The molecule has 5 nitrogen and oxygen atoms in total. The standard InChI is InChI=1S/C12H25N2O3PS/c1-11(2,13)6-5-9(15)14-8(10(16)17)7-12(3,4)19-18/h8H,5-7,13,18H2,1-4H3,(H,14,15)(H,16,17)/t8-/m0/s1. The summed E-state index contributed by atoms with van der Waals surface area (Å²) in [6, 6.07) is -0.864. The number of nitrogens with one attached hydrogen (secondary N) is 1. The molecular formula is C12H25N2O3PS. The van der Waals surface area contributed by atoms with Gasteiger partial charge in [-0.2, -0.15) is 0 Å². The van der Waals surface area contributed by atoms with Crippen LogP contribution >= 0.6 is 19.8 Å². The Bertz CT molecular complexity index is 329. The minimum Gasteiger partial charge on any atom is -0.480 e. The van der Waals surface area contributed by atoms with E-state index in [0.29, 0.717) is 12.8 Å². The first-order chi connectivity index (χ1) is 8.47. The Morgan fingerprint density at radius 2 is 1.89 bits per heavy atom. The van der Waals surface area contributed by atoms with Gasteiger partial charge in [0.25, 0.3) is 0 Å². The lowest BCUT2D eigenvalue weighted by atomic mass is 9.99. The Balaban J connectivity index is 4.44. The first-order valence-corrected chi connectivity index (χ1v) is 8.45. The van der Waals surface area contributed by atoms with Gasteiger partial charge in [-0.05, 0) is 26.7 Å². The van der Waals surface area contributed by atoms with E-state index in [-0.39, 0.29) is 17.1 Å². The lowest BCUT2D eigenvalue weighted by Gasteiger charge is -2.26. The number of carbonyl (C=O) groups is 2. The van der Waals surface area contributed by atoms with Crippen LogP contribution in [0.25, 0.3) is 0 Å². The summed E-state index contributed by atoms with van der Waals surface area (Å²) in [5.74, 6) is -1.28. The third-order valence-electron chi connectivity index (χ3n) is 2.64. The summed E-state index contributed by atoms with van der Waals surface area (Å²) >= 11 is 1.50.